The second-order valence-corrected chi connectivity index (χ2v) is 9.00. The number of nitrogens with zero attached hydrogens (tertiary/aromatic N) is 2. The van der Waals surface area contributed by atoms with Gasteiger partial charge in [0, 0.05) is 10.1 Å². The van der Waals surface area contributed by atoms with Crippen LogP contribution in [0.4, 0.5) is 6.01 Å². The molecule has 152 valence electrons. The van der Waals surface area contributed by atoms with Crippen LogP contribution < -0.4 is 5.32 Å². The minimum atomic E-state index is -0.184. The van der Waals surface area contributed by atoms with E-state index in [2.05, 4.69) is 53.6 Å². The van der Waals surface area contributed by atoms with Crippen LogP contribution in [0.3, 0.4) is 0 Å². The van der Waals surface area contributed by atoms with Crippen molar-refractivity contribution in [3.8, 4) is 0 Å². The molecule has 0 unspecified atom stereocenters. The number of benzene rings is 3. The summed E-state index contributed by atoms with van der Waals surface area (Å²) in [7, 11) is 0. The summed E-state index contributed by atoms with van der Waals surface area (Å²) < 4.78 is 5.62. The Balaban J connectivity index is 1.37. The molecule has 0 saturated heterocycles. The van der Waals surface area contributed by atoms with Gasteiger partial charge < -0.3 is 4.42 Å². The Bertz CT molecular complexity index is 1150. The Morgan fingerprint density at radius 3 is 2.57 bits per heavy atom. The number of hydrogen-bond acceptors (Lipinski definition) is 5. The molecule has 5 nitrogen and oxygen atoms in total. The van der Waals surface area contributed by atoms with Gasteiger partial charge in [-0.25, -0.2) is 0 Å². The van der Waals surface area contributed by atoms with Gasteiger partial charge in [0.1, 0.15) is 0 Å². The van der Waals surface area contributed by atoms with Gasteiger partial charge in [-0.1, -0.05) is 73.5 Å². The molecule has 30 heavy (non-hydrogen) atoms. The Morgan fingerprint density at radius 2 is 1.77 bits per heavy atom. The normalized spacial score (nSPS) is 11.2. The third-order valence-corrected chi connectivity index (χ3v) is 5.61. The number of aromatic nitrogens is 2. The number of fused-ring (bicyclic) bond motifs is 1. The summed E-state index contributed by atoms with van der Waals surface area (Å²) in [6.07, 6.45) is 0.771. The molecular weight excluding hydrogens is 394 g/mol. The summed E-state index contributed by atoms with van der Waals surface area (Å²) >= 11 is 1.83. The molecule has 0 aliphatic carbocycles. The summed E-state index contributed by atoms with van der Waals surface area (Å²) in [5.74, 6) is 0.288. The number of thioether (sulfide) groups is 1. The van der Waals surface area contributed by atoms with Gasteiger partial charge in [-0.15, -0.1) is 16.9 Å². The van der Waals surface area contributed by atoms with E-state index in [1.165, 1.54) is 4.90 Å². The first kappa shape index (κ1) is 20.2. The van der Waals surface area contributed by atoms with Gasteiger partial charge >= 0.3 is 6.01 Å². The number of anilines is 1. The van der Waals surface area contributed by atoms with Gasteiger partial charge in [-0.05, 0) is 34.0 Å². The van der Waals surface area contributed by atoms with Crippen LogP contribution >= 0.6 is 11.8 Å². The average Bonchev–Trinajstić information content (AvgIpc) is 3.16. The van der Waals surface area contributed by atoms with Crippen LogP contribution in [-0.4, -0.2) is 21.4 Å². The van der Waals surface area contributed by atoms with E-state index in [-0.39, 0.29) is 18.3 Å². The summed E-state index contributed by atoms with van der Waals surface area (Å²) in [6.45, 7) is 4.35. The largest absolute Gasteiger partial charge is 0.407 e. The molecule has 0 fully saturated rings. The highest BCUT2D eigenvalue weighted by molar-refractivity contribution is 7.99. The fourth-order valence-corrected chi connectivity index (χ4v) is 4.13. The number of hydrogen-bond donors (Lipinski definition) is 1. The summed E-state index contributed by atoms with van der Waals surface area (Å²) in [5, 5.41) is 13.5. The summed E-state index contributed by atoms with van der Waals surface area (Å²) in [4.78, 5) is 13.7. The van der Waals surface area contributed by atoms with E-state index in [1.807, 2.05) is 54.2 Å². The second-order valence-electron chi connectivity index (χ2n) is 7.35. The fourth-order valence-electron chi connectivity index (χ4n) is 3.29. The van der Waals surface area contributed by atoms with Crippen molar-refractivity contribution in [2.45, 2.75) is 36.8 Å². The first-order valence-corrected chi connectivity index (χ1v) is 10.8. The lowest BCUT2D eigenvalue weighted by atomic mass is 10.0. The molecule has 1 aromatic heterocycles. The molecule has 0 bridgehead atoms. The van der Waals surface area contributed by atoms with E-state index in [9.17, 15) is 4.79 Å². The van der Waals surface area contributed by atoms with Gasteiger partial charge in [0.25, 0.3) is 0 Å². The van der Waals surface area contributed by atoms with E-state index in [4.69, 9.17) is 4.42 Å². The molecule has 0 aliphatic heterocycles. The minimum absolute atomic E-state index is 0.127. The van der Waals surface area contributed by atoms with E-state index >= 15 is 0 Å². The molecule has 4 aromatic rings. The van der Waals surface area contributed by atoms with Crippen LogP contribution in [-0.2, 0) is 17.6 Å². The molecular formula is C24H23N3O2S. The van der Waals surface area contributed by atoms with E-state index < -0.39 is 0 Å². The van der Waals surface area contributed by atoms with Crippen molar-refractivity contribution in [3.63, 3.8) is 0 Å². The third-order valence-electron chi connectivity index (χ3n) is 4.59. The summed E-state index contributed by atoms with van der Waals surface area (Å²) in [5.41, 5.74) is 2.05. The molecule has 1 amide bonds. The van der Waals surface area contributed by atoms with Crippen molar-refractivity contribution in [1.29, 1.82) is 0 Å². The highest BCUT2D eigenvalue weighted by Gasteiger charge is 2.12. The predicted molar refractivity (Wildman–Crippen MR) is 121 cm³/mol. The lowest BCUT2D eigenvalue weighted by Crippen LogP contribution is -2.14. The highest BCUT2D eigenvalue weighted by atomic mass is 32.2. The Labute approximate surface area is 179 Å². The van der Waals surface area contributed by atoms with Crippen LogP contribution in [0.25, 0.3) is 10.8 Å². The van der Waals surface area contributed by atoms with Crippen molar-refractivity contribution in [2.24, 2.45) is 0 Å². The molecule has 0 atom stereocenters. The van der Waals surface area contributed by atoms with Crippen molar-refractivity contribution >= 4 is 34.5 Å². The van der Waals surface area contributed by atoms with Crippen LogP contribution in [0.1, 0.15) is 30.9 Å². The molecule has 0 spiro atoms. The van der Waals surface area contributed by atoms with Gasteiger partial charge in [0.2, 0.25) is 11.8 Å². The van der Waals surface area contributed by atoms with Crippen LogP contribution in [0.2, 0.25) is 0 Å². The molecule has 0 saturated carbocycles. The molecule has 1 N–H and O–H groups in total. The number of nitrogens with one attached hydrogen (secondary N) is 1. The van der Waals surface area contributed by atoms with E-state index in [0.717, 1.165) is 21.9 Å². The Kier molecular flexibility index (Phi) is 6.14. The number of carbonyl (C=O) groups excluding carboxylic acids is 1. The zero-order chi connectivity index (χ0) is 20.9. The molecule has 3 aromatic carbocycles. The standard InChI is InChI=1S/C24H23N3O2S/c1-16(2)30-20-12-10-17(11-13-20)14-23-26-27-24(29-23)25-22(28)15-19-8-5-7-18-6-3-4-9-21(18)19/h3-13,16H,14-15H2,1-2H3,(H,25,27,28). The fraction of sp³-hybridized carbons (Fsp3) is 0.208. The number of rotatable bonds is 7. The Hall–Kier alpha value is -3.12. The minimum Gasteiger partial charge on any atom is -0.407 e. The van der Waals surface area contributed by atoms with E-state index in [0.29, 0.717) is 17.6 Å². The topological polar surface area (TPSA) is 68.0 Å². The van der Waals surface area contributed by atoms with Crippen molar-refractivity contribution in [1.82, 2.24) is 10.2 Å². The maximum Gasteiger partial charge on any atom is 0.322 e. The van der Waals surface area contributed by atoms with Crippen LogP contribution in [0.15, 0.2) is 76.0 Å². The zero-order valence-corrected chi connectivity index (χ0v) is 17.8. The molecule has 0 radical (unpaired) electrons. The monoisotopic (exact) mass is 417 g/mol. The number of carbonyl (C=O) groups is 1. The molecule has 1 heterocycles. The predicted octanol–water partition coefficient (Wildman–Crippen LogP) is 5.50. The van der Waals surface area contributed by atoms with Crippen LogP contribution in [0, 0.1) is 0 Å². The van der Waals surface area contributed by atoms with Gasteiger partial charge in [-0.2, -0.15) is 0 Å². The maximum atomic E-state index is 12.5. The first-order chi connectivity index (χ1) is 14.6. The SMILES string of the molecule is CC(C)Sc1ccc(Cc2nnc(NC(=O)Cc3cccc4ccccc34)o2)cc1. The highest BCUT2D eigenvalue weighted by Crippen LogP contribution is 2.24. The molecule has 4 rings (SSSR count). The Morgan fingerprint density at radius 1 is 1.00 bits per heavy atom. The van der Waals surface area contributed by atoms with Gasteiger partial charge in [-0.3, -0.25) is 10.1 Å². The molecule has 6 heteroatoms. The molecule has 0 aliphatic rings. The van der Waals surface area contributed by atoms with E-state index in [1.54, 1.807) is 0 Å². The quantitative estimate of drug-likeness (QED) is 0.402. The zero-order valence-electron chi connectivity index (χ0n) is 17.0. The smallest absolute Gasteiger partial charge is 0.322 e. The maximum absolute atomic E-state index is 12.5. The number of amides is 1. The first-order valence-electron chi connectivity index (χ1n) is 9.91. The van der Waals surface area contributed by atoms with Crippen molar-refractivity contribution in [2.75, 3.05) is 5.32 Å². The lowest BCUT2D eigenvalue weighted by Gasteiger charge is -2.06. The van der Waals surface area contributed by atoms with Crippen LogP contribution in [0.5, 0.6) is 0 Å². The van der Waals surface area contributed by atoms with Gasteiger partial charge in [0.15, 0.2) is 0 Å². The summed E-state index contributed by atoms with van der Waals surface area (Å²) in [6, 6.07) is 22.4. The average molecular weight is 418 g/mol. The third kappa shape index (κ3) is 5.07. The van der Waals surface area contributed by atoms with Gasteiger partial charge in [0.05, 0.1) is 12.8 Å². The second kappa shape index (κ2) is 9.13. The van der Waals surface area contributed by atoms with Crippen molar-refractivity contribution < 1.29 is 9.21 Å². The lowest BCUT2D eigenvalue weighted by molar-refractivity contribution is -0.115. The van der Waals surface area contributed by atoms with Crippen molar-refractivity contribution in [3.05, 3.63) is 83.7 Å².